The number of carbonyl (C=O) groups excluding carboxylic acids is 1. The molecule has 1 aromatic carbocycles. The Bertz CT molecular complexity index is 351. The molecular formula is C13H16BrClO2. The van der Waals surface area contributed by atoms with E-state index in [-0.39, 0.29) is 10.8 Å². The number of alkyl halides is 1. The van der Waals surface area contributed by atoms with Gasteiger partial charge in [0.2, 0.25) is 0 Å². The Labute approximate surface area is 115 Å². The van der Waals surface area contributed by atoms with Crippen molar-refractivity contribution in [3.8, 4) is 0 Å². The van der Waals surface area contributed by atoms with E-state index in [2.05, 4.69) is 15.9 Å². The first-order valence-corrected chi connectivity index (χ1v) is 6.98. The summed E-state index contributed by atoms with van der Waals surface area (Å²) in [6.07, 6.45) is 2.66. The predicted octanol–water partition coefficient (Wildman–Crippen LogP) is 3.99. The van der Waals surface area contributed by atoms with Crippen LogP contribution in [0.2, 0.25) is 5.02 Å². The van der Waals surface area contributed by atoms with Crippen LogP contribution >= 0.6 is 27.5 Å². The summed E-state index contributed by atoms with van der Waals surface area (Å²) in [7, 11) is 0. The molecule has 0 amide bonds. The lowest BCUT2D eigenvalue weighted by atomic mass is 10.1. The fraction of sp³-hybridized carbons (Fsp3) is 0.462. The van der Waals surface area contributed by atoms with Crippen molar-refractivity contribution in [2.75, 3.05) is 6.61 Å². The molecule has 0 N–H and O–H groups in total. The molecule has 0 saturated carbocycles. The van der Waals surface area contributed by atoms with Gasteiger partial charge in [0.1, 0.15) is 4.83 Å². The molecule has 0 saturated heterocycles. The number of benzene rings is 1. The van der Waals surface area contributed by atoms with Crippen LogP contribution in [0, 0.1) is 0 Å². The van der Waals surface area contributed by atoms with Crippen LogP contribution in [0.3, 0.4) is 0 Å². The number of ether oxygens (including phenoxy) is 1. The molecular weight excluding hydrogens is 303 g/mol. The Kier molecular flexibility index (Phi) is 6.60. The number of aryl methyl sites for hydroxylation is 1. The van der Waals surface area contributed by atoms with Gasteiger partial charge in [-0.05, 0) is 43.9 Å². The summed E-state index contributed by atoms with van der Waals surface area (Å²) in [5, 5.41) is 0.749. The molecule has 17 heavy (non-hydrogen) atoms. The molecule has 0 fully saturated rings. The first-order chi connectivity index (χ1) is 8.13. The van der Waals surface area contributed by atoms with Crippen molar-refractivity contribution in [3.63, 3.8) is 0 Å². The molecule has 1 unspecified atom stereocenters. The normalized spacial score (nSPS) is 12.2. The summed E-state index contributed by atoms with van der Waals surface area (Å²) in [4.78, 5) is 11.1. The van der Waals surface area contributed by atoms with E-state index in [1.165, 1.54) is 5.56 Å². The molecule has 0 radical (unpaired) electrons. The topological polar surface area (TPSA) is 26.3 Å². The number of halogens is 2. The van der Waals surface area contributed by atoms with Crippen LogP contribution in [0.5, 0.6) is 0 Å². The predicted molar refractivity (Wildman–Crippen MR) is 73.7 cm³/mol. The quantitative estimate of drug-likeness (QED) is 0.585. The van der Waals surface area contributed by atoms with Crippen molar-refractivity contribution in [2.45, 2.75) is 31.0 Å². The number of carbonyl (C=O) groups is 1. The molecule has 0 bridgehead atoms. The fourth-order valence-electron chi connectivity index (χ4n) is 1.49. The smallest absolute Gasteiger partial charge is 0.319 e. The van der Waals surface area contributed by atoms with Crippen molar-refractivity contribution in [3.05, 3.63) is 34.9 Å². The molecule has 0 heterocycles. The molecule has 0 aliphatic rings. The molecule has 4 heteroatoms. The van der Waals surface area contributed by atoms with Crippen molar-refractivity contribution in [1.82, 2.24) is 0 Å². The van der Waals surface area contributed by atoms with E-state index < -0.39 is 0 Å². The molecule has 0 aliphatic carbocycles. The van der Waals surface area contributed by atoms with E-state index in [0.29, 0.717) is 6.61 Å². The van der Waals surface area contributed by atoms with Crippen molar-refractivity contribution >= 4 is 33.5 Å². The maximum absolute atomic E-state index is 11.3. The van der Waals surface area contributed by atoms with Gasteiger partial charge in [-0.2, -0.15) is 0 Å². The third-order valence-corrected chi connectivity index (χ3v) is 3.46. The Morgan fingerprint density at radius 3 is 2.65 bits per heavy atom. The van der Waals surface area contributed by atoms with Crippen molar-refractivity contribution in [1.29, 1.82) is 0 Å². The van der Waals surface area contributed by atoms with Crippen LogP contribution in [0.25, 0.3) is 0 Å². The SMILES string of the molecule is CCOC(=O)C(Br)CCCc1ccc(Cl)cc1. The van der Waals surface area contributed by atoms with E-state index in [0.717, 1.165) is 24.3 Å². The average Bonchev–Trinajstić information content (AvgIpc) is 2.32. The highest BCUT2D eigenvalue weighted by molar-refractivity contribution is 9.10. The van der Waals surface area contributed by atoms with Gasteiger partial charge in [-0.3, -0.25) is 4.79 Å². The lowest BCUT2D eigenvalue weighted by molar-refractivity contribution is -0.142. The molecule has 0 spiro atoms. The third-order valence-electron chi connectivity index (χ3n) is 2.38. The maximum atomic E-state index is 11.3. The first-order valence-electron chi connectivity index (χ1n) is 5.68. The molecule has 2 nitrogen and oxygen atoms in total. The highest BCUT2D eigenvalue weighted by Gasteiger charge is 2.14. The third kappa shape index (κ3) is 5.55. The summed E-state index contributed by atoms with van der Waals surface area (Å²) in [6, 6.07) is 7.79. The second-order valence-electron chi connectivity index (χ2n) is 3.74. The van der Waals surface area contributed by atoms with Gasteiger partial charge in [0.15, 0.2) is 0 Å². The summed E-state index contributed by atoms with van der Waals surface area (Å²) in [5.74, 6) is -0.177. The average molecular weight is 320 g/mol. The monoisotopic (exact) mass is 318 g/mol. The van der Waals surface area contributed by atoms with Crippen LogP contribution < -0.4 is 0 Å². The Morgan fingerprint density at radius 1 is 1.41 bits per heavy atom. The highest BCUT2D eigenvalue weighted by Crippen LogP contribution is 2.15. The minimum Gasteiger partial charge on any atom is -0.465 e. The second-order valence-corrected chi connectivity index (χ2v) is 5.28. The van der Waals surface area contributed by atoms with Crippen molar-refractivity contribution in [2.24, 2.45) is 0 Å². The van der Waals surface area contributed by atoms with Gasteiger partial charge >= 0.3 is 5.97 Å². The van der Waals surface area contributed by atoms with Gasteiger partial charge in [0.25, 0.3) is 0 Å². The lowest BCUT2D eigenvalue weighted by Gasteiger charge is -2.08. The van der Waals surface area contributed by atoms with Crippen LogP contribution in [0.15, 0.2) is 24.3 Å². The van der Waals surface area contributed by atoms with Gasteiger partial charge in [-0.15, -0.1) is 0 Å². The Balaban J connectivity index is 2.27. The van der Waals surface area contributed by atoms with E-state index in [4.69, 9.17) is 16.3 Å². The summed E-state index contributed by atoms with van der Waals surface area (Å²) in [6.45, 7) is 2.24. The Morgan fingerprint density at radius 2 is 2.06 bits per heavy atom. The number of hydrogen-bond donors (Lipinski definition) is 0. The van der Waals surface area contributed by atoms with Crippen LogP contribution in [0.4, 0.5) is 0 Å². The van der Waals surface area contributed by atoms with Crippen LogP contribution in [-0.2, 0) is 16.0 Å². The number of hydrogen-bond acceptors (Lipinski definition) is 2. The summed E-state index contributed by atoms with van der Waals surface area (Å²) >= 11 is 9.14. The molecule has 1 atom stereocenters. The van der Waals surface area contributed by atoms with Gasteiger partial charge in [-0.1, -0.05) is 39.7 Å². The largest absolute Gasteiger partial charge is 0.465 e. The first kappa shape index (κ1) is 14.5. The zero-order chi connectivity index (χ0) is 12.7. The summed E-state index contributed by atoms with van der Waals surface area (Å²) in [5.41, 5.74) is 1.23. The number of esters is 1. The van der Waals surface area contributed by atoms with Gasteiger partial charge in [0, 0.05) is 5.02 Å². The fourth-order valence-corrected chi connectivity index (χ4v) is 2.07. The standard InChI is InChI=1S/C13H16BrClO2/c1-2-17-13(16)12(14)5-3-4-10-6-8-11(15)9-7-10/h6-9,12H,2-5H2,1H3. The minimum absolute atomic E-state index is 0.177. The van der Waals surface area contributed by atoms with E-state index in [1.54, 1.807) is 0 Å². The molecule has 0 aromatic heterocycles. The molecule has 0 aliphatic heterocycles. The zero-order valence-electron chi connectivity index (χ0n) is 9.79. The lowest BCUT2D eigenvalue weighted by Crippen LogP contribution is -2.17. The maximum Gasteiger partial charge on any atom is 0.319 e. The number of rotatable bonds is 6. The van der Waals surface area contributed by atoms with E-state index in [1.807, 2.05) is 31.2 Å². The van der Waals surface area contributed by atoms with Gasteiger partial charge in [0.05, 0.1) is 6.61 Å². The van der Waals surface area contributed by atoms with Crippen LogP contribution in [-0.4, -0.2) is 17.4 Å². The van der Waals surface area contributed by atoms with Crippen LogP contribution in [0.1, 0.15) is 25.3 Å². The molecule has 1 aromatic rings. The minimum atomic E-state index is -0.199. The molecule has 1 rings (SSSR count). The Hall–Kier alpha value is -0.540. The highest BCUT2D eigenvalue weighted by atomic mass is 79.9. The van der Waals surface area contributed by atoms with E-state index in [9.17, 15) is 4.79 Å². The van der Waals surface area contributed by atoms with Gasteiger partial charge in [-0.25, -0.2) is 0 Å². The van der Waals surface area contributed by atoms with Gasteiger partial charge < -0.3 is 4.74 Å². The van der Waals surface area contributed by atoms with E-state index >= 15 is 0 Å². The zero-order valence-corrected chi connectivity index (χ0v) is 12.1. The van der Waals surface area contributed by atoms with Crippen molar-refractivity contribution < 1.29 is 9.53 Å². The molecule has 94 valence electrons. The second kappa shape index (κ2) is 7.72. The summed E-state index contributed by atoms with van der Waals surface area (Å²) < 4.78 is 4.92.